The quantitative estimate of drug-likeness (QED) is 0.588. The van der Waals surface area contributed by atoms with Gasteiger partial charge in [0.2, 0.25) is 0 Å². The van der Waals surface area contributed by atoms with Crippen LogP contribution in [0, 0.1) is 17.2 Å². The Labute approximate surface area is 123 Å². The van der Waals surface area contributed by atoms with Crippen molar-refractivity contribution >= 4 is 18.0 Å². The molecule has 0 aromatic carbocycles. The number of rotatable bonds is 5. The standard InChI is InChI=1S/C13H20N2O6/c1-13(2,3)21-12(18)15-9(11(17)20-5)6-8(7-14)10(16)19-4/h8-9H,6H2,1-5H3,(H,15,18). The van der Waals surface area contributed by atoms with Crippen LogP contribution in [0.15, 0.2) is 0 Å². The van der Waals surface area contributed by atoms with Gasteiger partial charge in [-0.05, 0) is 20.8 Å². The fraction of sp³-hybridized carbons (Fsp3) is 0.692. The van der Waals surface area contributed by atoms with Crippen molar-refractivity contribution in [2.24, 2.45) is 5.92 Å². The van der Waals surface area contributed by atoms with Gasteiger partial charge in [-0.15, -0.1) is 0 Å². The Kier molecular flexibility index (Phi) is 7.21. The van der Waals surface area contributed by atoms with Gasteiger partial charge in [0.15, 0.2) is 0 Å². The minimum absolute atomic E-state index is 0.269. The minimum Gasteiger partial charge on any atom is -0.468 e. The third kappa shape index (κ3) is 7.15. The molecule has 0 heterocycles. The number of esters is 2. The molecule has 21 heavy (non-hydrogen) atoms. The number of alkyl carbamates (subject to hydrolysis) is 1. The maximum Gasteiger partial charge on any atom is 0.408 e. The number of nitrogens with zero attached hydrogens (tertiary/aromatic N) is 1. The lowest BCUT2D eigenvalue weighted by Gasteiger charge is -2.23. The van der Waals surface area contributed by atoms with Crippen LogP contribution in [0.25, 0.3) is 0 Å². The molecule has 8 nitrogen and oxygen atoms in total. The molecule has 0 aromatic heterocycles. The third-order valence-corrected chi connectivity index (χ3v) is 2.29. The highest BCUT2D eigenvalue weighted by atomic mass is 16.6. The first-order valence-corrected chi connectivity index (χ1v) is 6.19. The van der Waals surface area contributed by atoms with Gasteiger partial charge in [-0.3, -0.25) is 4.79 Å². The second-order valence-electron chi connectivity index (χ2n) is 5.16. The maximum atomic E-state index is 11.7. The van der Waals surface area contributed by atoms with Crippen molar-refractivity contribution in [1.82, 2.24) is 5.32 Å². The number of ether oxygens (including phenoxy) is 3. The van der Waals surface area contributed by atoms with E-state index in [4.69, 9.17) is 10.00 Å². The SMILES string of the molecule is COC(=O)C(C#N)CC(NC(=O)OC(C)(C)C)C(=O)OC. The van der Waals surface area contributed by atoms with Gasteiger partial charge in [0, 0.05) is 6.42 Å². The molecule has 8 heteroatoms. The van der Waals surface area contributed by atoms with Crippen molar-refractivity contribution < 1.29 is 28.6 Å². The molecule has 0 spiro atoms. The van der Waals surface area contributed by atoms with Crippen molar-refractivity contribution in [1.29, 1.82) is 5.26 Å². The van der Waals surface area contributed by atoms with E-state index in [0.717, 1.165) is 14.2 Å². The van der Waals surface area contributed by atoms with Crippen molar-refractivity contribution in [2.45, 2.75) is 38.8 Å². The monoisotopic (exact) mass is 300 g/mol. The lowest BCUT2D eigenvalue weighted by atomic mass is 10.0. The van der Waals surface area contributed by atoms with Crippen molar-refractivity contribution in [3.05, 3.63) is 0 Å². The first-order chi connectivity index (χ1) is 9.64. The van der Waals surface area contributed by atoms with Crippen LogP contribution in [-0.4, -0.2) is 43.9 Å². The van der Waals surface area contributed by atoms with Crippen LogP contribution < -0.4 is 5.32 Å². The summed E-state index contributed by atoms with van der Waals surface area (Å²) in [5, 5.41) is 11.2. The van der Waals surface area contributed by atoms with Gasteiger partial charge in [-0.1, -0.05) is 0 Å². The zero-order valence-corrected chi connectivity index (χ0v) is 12.8. The summed E-state index contributed by atoms with van der Waals surface area (Å²) in [6, 6.07) is 0.523. The number of carbonyl (C=O) groups excluding carboxylic acids is 3. The Morgan fingerprint density at radius 3 is 2.05 bits per heavy atom. The molecule has 0 aliphatic rings. The van der Waals surface area contributed by atoms with Gasteiger partial charge >= 0.3 is 18.0 Å². The molecule has 0 bridgehead atoms. The Balaban J connectivity index is 4.90. The Hall–Kier alpha value is -2.30. The van der Waals surface area contributed by atoms with Crippen LogP contribution in [0.4, 0.5) is 4.79 Å². The average Bonchev–Trinajstić information content (AvgIpc) is 2.39. The Morgan fingerprint density at radius 1 is 1.14 bits per heavy atom. The first-order valence-electron chi connectivity index (χ1n) is 6.19. The zero-order valence-electron chi connectivity index (χ0n) is 12.8. The van der Waals surface area contributed by atoms with Gasteiger partial charge < -0.3 is 19.5 Å². The molecule has 0 aromatic rings. The van der Waals surface area contributed by atoms with E-state index >= 15 is 0 Å². The summed E-state index contributed by atoms with van der Waals surface area (Å²) in [5.41, 5.74) is -0.748. The summed E-state index contributed by atoms with van der Waals surface area (Å²) in [6.45, 7) is 4.98. The van der Waals surface area contributed by atoms with Crippen LogP contribution >= 0.6 is 0 Å². The number of nitrogens with one attached hydrogen (secondary N) is 1. The van der Waals surface area contributed by atoms with E-state index in [0.29, 0.717) is 0 Å². The first kappa shape index (κ1) is 18.7. The summed E-state index contributed by atoms with van der Waals surface area (Å²) in [7, 11) is 2.26. The van der Waals surface area contributed by atoms with E-state index in [1.807, 2.05) is 0 Å². The van der Waals surface area contributed by atoms with Crippen LogP contribution in [0.1, 0.15) is 27.2 Å². The smallest absolute Gasteiger partial charge is 0.408 e. The fourth-order valence-electron chi connectivity index (χ4n) is 1.39. The van der Waals surface area contributed by atoms with Gasteiger partial charge in [-0.25, -0.2) is 9.59 Å². The summed E-state index contributed by atoms with van der Waals surface area (Å²) in [4.78, 5) is 34.6. The van der Waals surface area contributed by atoms with Gasteiger partial charge in [0.05, 0.1) is 20.3 Å². The topological polar surface area (TPSA) is 115 Å². The highest BCUT2D eigenvalue weighted by Crippen LogP contribution is 2.11. The molecule has 0 radical (unpaired) electrons. The second kappa shape index (κ2) is 8.09. The van der Waals surface area contributed by atoms with Gasteiger partial charge in [-0.2, -0.15) is 5.26 Å². The normalized spacial score (nSPS) is 13.3. The summed E-state index contributed by atoms with van der Waals surface area (Å²) in [6.07, 6.45) is -1.12. The zero-order chi connectivity index (χ0) is 16.6. The summed E-state index contributed by atoms with van der Waals surface area (Å²) >= 11 is 0. The molecular weight excluding hydrogens is 280 g/mol. The van der Waals surface area contributed by atoms with E-state index in [9.17, 15) is 14.4 Å². The largest absolute Gasteiger partial charge is 0.468 e. The van der Waals surface area contributed by atoms with E-state index in [-0.39, 0.29) is 6.42 Å². The molecule has 1 N–H and O–H groups in total. The van der Waals surface area contributed by atoms with Crippen molar-refractivity contribution in [2.75, 3.05) is 14.2 Å². The van der Waals surface area contributed by atoms with E-state index in [1.165, 1.54) is 0 Å². The highest BCUT2D eigenvalue weighted by molar-refractivity contribution is 5.83. The minimum atomic E-state index is -1.20. The lowest BCUT2D eigenvalue weighted by Crippen LogP contribution is -2.45. The van der Waals surface area contributed by atoms with Crippen LogP contribution in [-0.2, 0) is 23.8 Å². The molecule has 2 atom stereocenters. The second-order valence-corrected chi connectivity index (χ2v) is 5.16. The molecule has 0 saturated carbocycles. The van der Waals surface area contributed by atoms with E-state index in [1.54, 1.807) is 26.8 Å². The lowest BCUT2D eigenvalue weighted by molar-refractivity contribution is -0.146. The van der Waals surface area contributed by atoms with Gasteiger partial charge in [0.1, 0.15) is 17.6 Å². The molecule has 118 valence electrons. The van der Waals surface area contributed by atoms with Crippen LogP contribution in [0.3, 0.4) is 0 Å². The average molecular weight is 300 g/mol. The molecule has 0 saturated heterocycles. The number of nitriles is 1. The third-order valence-electron chi connectivity index (χ3n) is 2.29. The molecular formula is C13H20N2O6. The highest BCUT2D eigenvalue weighted by Gasteiger charge is 2.31. The maximum absolute atomic E-state index is 11.7. The van der Waals surface area contributed by atoms with Gasteiger partial charge in [0.25, 0.3) is 0 Å². The number of methoxy groups -OCH3 is 2. The molecule has 0 fully saturated rings. The van der Waals surface area contributed by atoms with E-state index in [2.05, 4.69) is 14.8 Å². The molecule has 1 amide bonds. The number of hydrogen-bond acceptors (Lipinski definition) is 7. The number of hydrogen-bond donors (Lipinski definition) is 1. The number of amides is 1. The summed E-state index contributed by atoms with van der Waals surface area (Å²) in [5.74, 6) is -2.78. The predicted octanol–water partition coefficient (Wildman–Crippen LogP) is 0.756. The summed E-state index contributed by atoms with van der Waals surface area (Å²) < 4.78 is 14.0. The molecule has 0 aliphatic carbocycles. The number of carbonyl (C=O) groups is 3. The van der Waals surface area contributed by atoms with Crippen LogP contribution in [0.5, 0.6) is 0 Å². The molecule has 0 rings (SSSR count). The van der Waals surface area contributed by atoms with Crippen molar-refractivity contribution in [3.8, 4) is 6.07 Å². The Bertz CT molecular complexity index is 435. The predicted molar refractivity (Wildman–Crippen MR) is 70.9 cm³/mol. The Morgan fingerprint density at radius 2 is 1.67 bits per heavy atom. The molecule has 0 aliphatic heterocycles. The van der Waals surface area contributed by atoms with Crippen LogP contribution in [0.2, 0.25) is 0 Å². The fourth-order valence-corrected chi connectivity index (χ4v) is 1.39. The molecule has 2 unspecified atom stereocenters. The van der Waals surface area contributed by atoms with Crippen molar-refractivity contribution in [3.63, 3.8) is 0 Å². The van der Waals surface area contributed by atoms with E-state index < -0.39 is 35.6 Å².